The molecule has 1 aromatic carbocycles. The quantitative estimate of drug-likeness (QED) is 0.857. The highest BCUT2D eigenvalue weighted by Gasteiger charge is 2.17. The van der Waals surface area contributed by atoms with E-state index < -0.39 is 11.6 Å². The van der Waals surface area contributed by atoms with Gasteiger partial charge in [-0.3, -0.25) is 9.69 Å². The minimum Gasteiger partial charge on any atom is -0.343 e. The van der Waals surface area contributed by atoms with Gasteiger partial charge in [-0.1, -0.05) is 0 Å². The Morgan fingerprint density at radius 2 is 1.90 bits per heavy atom. The summed E-state index contributed by atoms with van der Waals surface area (Å²) in [4.78, 5) is 21.7. The van der Waals surface area contributed by atoms with E-state index in [0.717, 1.165) is 31.6 Å². The predicted molar refractivity (Wildman–Crippen MR) is 68.9 cm³/mol. The van der Waals surface area contributed by atoms with Crippen LogP contribution in [0.25, 0.3) is 11.0 Å². The zero-order chi connectivity index (χ0) is 14.1. The number of nitrogens with one attached hydrogen (secondary N) is 1. The van der Waals surface area contributed by atoms with Crippen molar-refractivity contribution in [1.29, 1.82) is 0 Å². The van der Waals surface area contributed by atoms with Crippen LogP contribution in [-0.2, 0) is 11.3 Å². The fourth-order valence-corrected chi connectivity index (χ4v) is 2.37. The van der Waals surface area contributed by atoms with E-state index in [1.165, 1.54) is 0 Å². The van der Waals surface area contributed by atoms with Crippen molar-refractivity contribution < 1.29 is 13.6 Å². The summed E-state index contributed by atoms with van der Waals surface area (Å²) in [7, 11) is 0. The number of carbonyl (C=O) groups is 1. The van der Waals surface area contributed by atoms with Crippen LogP contribution in [0.5, 0.6) is 0 Å². The number of piperazine rings is 1. The lowest BCUT2D eigenvalue weighted by molar-refractivity contribution is -0.119. The molecule has 1 saturated heterocycles. The topological polar surface area (TPSA) is 52.2 Å². The molecule has 1 aromatic heterocycles. The molecule has 0 radical (unpaired) electrons. The molecule has 1 aliphatic rings. The van der Waals surface area contributed by atoms with E-state index in [4.69, 9.17) is 0 Å². The van der Waals surface area contributed by atoms with E-state index in [9.17, 15) is 13.6 Å². The molecule has 20 heavy (non-hydrogen) atoms. The minimum atomic E-state index is -0.893. The first-order valence-corrected chi connectivity index (χ1v) is 6.41. The minimum absolute atomic E-state index is 0.422. The number of benzene rings is 1. The summed E-state index contributed by atoms with van der Waals surface area (Å²) >= 11 is 0. The summed E-state index contributed by atoms with van der Waals surface area (Å²) < 4.78 is 26.2. The smallest absolute Gasteiger partial charge is 0.209 e. The Morgan fingerprint density at radius 3 is 2.60 bits per heavy atom. The highest BCUT2D eigenvalue weighted by molar-refractivity contribution is 5.75. The fourth-order valence-electron chi connectivity index (χ4n) is 2.37. The highest BCUT2D eigenvalue weighted by Crippen LogP contribution is 2.17. The Morgan fingerprint density at radius 1 is 1.20 bits per heavy atom. The van der Waals surface area contributed by atoms with E-state index in [1.54, 1.807) is 4.90 Å². The number of aromatic amines is 1. The van der Waals surface area contributed by atoms with Gasteiger partial charge in [0.1, 0.15) is 5.82 Å². The maximum Gasteiger partial charge on any atom is 0.209 e. The molecule has 7 heteroatoms. The maximum absolute atomic E-state index is 13.1. The van der Waals surface area contributed by atoms with Crippen molar-refractivity contribution in [1.82, 2.24) is 19.8 Å². The monoisotopic (exact) mass is 280 g/mol. The maximum atomic E-state index is 13.1. The van der Waals surface area contributed by atoms with Crippen molar-refractivity contribution in [2.24, 2.45) is 0 Å². The summed E-state index contributed by atoms with van der Waals surface area (Å²) in [6.07, 6.45) is 0.851. The third kappa shape index (κ3) is 2.49. The van der Waals surface area contributed by atoms with Gasteiger partial charge in [0.25, 0.3) is 0 Å². The number of H-pyrrole nitrogens is 1. The van der Waals surface area contributed by atoms with Crippen LogP contribution in [0, 0.1) is 11.6 Å². The fraction of sp³-hybridized carbons (Fsp3) is 0.385. The van der Waals surface area contributed by atoms with Gasteiger partial charge in [-0.25, -0.2) is 13.8 Å². The molecule has 0 bridgehead atoms. The predicted octanol–water partition coefficient (Wildman–Crippen LogP) is 1.12. The van der Waals surface area contributed by atoms with Crippen molar-refractivity contribution in [3.63, 3.8) is 0 Å². The van der Waals surface area contributed by atoms with Gasteiger partial charge in [0, 0.05) is 38.3 Å². The molecular formula is C13H14F2N4O. The molecule has 1 N–H and O–H groups in total. The molecule has 106 valence electrons. The third-order valence-electron chi connectivity index (χ3n) is 3.50. The lowest BCUT2D eigenvalue weighted by Gasteiger charge is -2.31. The molecule has 0 saturated carbocycles. The van der Waals surface area contributed by atoms with E-state index in [1.807, 2.05) is 0 Å². The molecule has 0 atom stereocenters. The number of imidazole rings is 1. The van der Waals surface area contributed by atoms with E-state index in [2.05, 4.69) is 14.9 Å². The first-order chi connectivity index (χ1) is 9.65. The number of rotatable bonds is 3. The SMILES string of the molecule is O=CN1CCN(Cc2nc3cc(F)c(F)cc3[nH]2)CC1. The second kappa shape index (κ2) is 5.16. The molecule has 2 heterocycles. The summed E-state index contributed by atoms with van der Waals surface area (Å²) in [6.45, 7) is 3.47. The Labute approximate surface area is 114 Å². The normalized spacial score (nSPS) is 16.8. The second-order valence-electron chi connectivity index (χ2n) is 4.88. The number of carbonyl (C=O) groups excluding carboxylic acids is 1. The molecule has 0 aliphatic carbocycles. The molecule has 1 aliphatic heterocycles. The first-order valence-electron chi connectivity index (χ1n) is 6.41. The molecule has 2 aromatic rings. The molecule has 3 rings (SSSR count). The van der Waals surface area contributed by atoms with Gasteiger partial charge in [-0.2, -0.15) is 0 Å². The molecule has 1 fully saturated rings. The Hall–Kier alpha value is -2.02. The average Bonchev–Trinajstić information content (AvgIpc) is 2.81. The lowest BCUT2D eigenvalue weighted by Crippen LogP contribution is -2.45. The number of halogens is 2. The highest BCUT2D eigenvalue weighted by atomic mass is 19.2. The number of hydrogen-bond donors (Lipinski definition) is 1. The van der Waals surface area contributed by atoms with Crippen LogP contribution in [0.3, 0.4) is 0 Å². The van der Waals surface area contributed by atoms with Gasteiger partial charge in [0.2, 0.25) is 6.41 Å². The number of nitrogens with zero attached hydrogens (tertiary/aromatic N) is 3. The zero-order valence-corrected chi connectivity index (χ0v) is 10.8. The zero-order valence-electron chi connectivity index (χ0n) is 10.8. The second-order valence-corrected chi connectivity index (χ2v) is 4.88. The van der Waals surface area contributed by atoms with Crippen molar-refractivity contribution >= 4 is 17.4 Å². The first kappa shape index (κ1) is 13.0. The van der Waals surface area contributed by atoms with Crippen LogP contribution in [0.15, 0.2) is 12.1 Å². The van der Waals surface area contributed by atoms with Crippen LogP contribution in [-0.4, -0.2) is 52.4 Å². The molecule has 1 amide bonds. The summed E-state index contributed by atoms with van der Waals surface area (Å²) in [5.41, 5.74) is 0.913. The van der Waals surface area contributed by atoms with E-state index >= 15 is 0 Å². The van der Waals surface area contributed by atoms with Gasteiger partial charge in [-0.15, -0.1) is 0 Å². The largest absolute Gasteiger partial charge is 0.343 e. The summed E-state index contributed by atoms with van der Waals surface area (Å²) in [6, 6.07) is 2.21. The van der Waals surface area contributed by atoms with Crippen molar-refractivity contribution in [3.8, 4) is 0 Å². The van der Waals surface area contributed by atoms with Gasteiger partial charge in [0.15, 0.2) is 11.6 Å². The number of amides is 1. The number of hydrogen-bond acceptors (Lipinski definition) is 3. The Balaban J connectivity index is 1.73. The van der Waals surface area contributed by atoms with Crippen molar-refractivity contribution in [3.05, 3.63) is 29.6 Å². The van der Waals surface area contributed by atoms with Crippen LogP contribution in [0.2, 0.25) is 0 Å². The van der Waals surface area contributed by atoms with E-state index in [0.29, 0.717) is 36.5 Å². The lowest BCUT2D eigenvalue weighted by atomic mass is 10.3. The van der Waals surface area contributed by atoms with Gasteiger partial charge in [0.05, 0.1) is 17.6 Å². The standard InChI is InChI=1S/C13H14F2N4O/c14-9-5-11-12(6-10(9)15)17-13(16-11)7-18-1-3-19(8-20)4-2-18/h5-6,8H,1-4,7H2,(H,16,17). The van der Waals surface area contributed by atoms with Gasteiger partial charge < -0.3 is 9.88 Å². The molecule has 0 spiro atoms. The third-order valence-corrected chi connectivity index (χ3v) is 3.50. The average molecular weight is 280 g/mol. The summed E-state index contributed by atoms with van der Waals surface area (Å²) in [5.74, 6) is -1.10. The van der Waals surface area contributed by atoms with Crippen molar-refractivity contribution in [2.75, 3.05) is 26.2 Å². The molecule has 5 nitrogen and oxygen atoms in total. The summed E-state index contributed by atoms with van der Waals surface area (Å²) in [5, 5.41) is 0. The Kier molecular flexibility index (Phi) is 3.35. The van der Waals surface area contributed by atoms with E-state index in [-0.39, 0.29) is 0 Å². The van der Waals surface area contributed by atoms with Crippen LogP contribution in [0.1, 0.15) is 5.82 Å². The number of aromatic nitrogens is 2. The number of fused-ring (bicyclic) bond motifs is 1. The van der Waals surface area contributed by atoms with Crippen LogP contribution >= 0.6 is 0 Å². The Bertz CT molecular complexity index is 596. The molecular weight excluding hydrogens is 266 g/mol. The van der Waals surface area contributed by atoms with Crippen molar-refractivity contribution in [2.45, 2.75) is 6.54 Å². The molecule has 0 unspecified atom stereocenters. The van der Waals surface area contributed by atoms with Gasteiger partial charge in [-0.05, 0) is 0 Å². The van der Waals surface area contributed by atoms with Crippen LogP contribution < -0.4 is 0 Å². The van der Waals surface area contributed by atoms with Crippen LogP contribution in [0.4, 0.5) is 8.78 Å². The van der Waals surface area contributed by atoms with Gasteiger partial charge >= 0.3 is 0 Å².